The molecule has 0 spiro atoms. The van der Waals surface area contributed by atoms with E-state index in [2.05, 4.69) is 18.4 Å². The molecular formula is C38H72NNa2O10P. The molecular weight excluding hydrogens is 707 g/mol. The predicted molar refractivity (Wildman–Crippen MR) is 194 cm³/mol. The van der Waals surface area contributed by atoms with Gasteiger partial charge in [-0.3, -0.25) is 14.2 Å². The van der Waals surface area contributed by atoms with Gasteiger partial charge in [0.05, 0.1) is 25.2 Å². The van der Waals surface area contributed by atoms with Gasteiger partial charge < -0.3 is 39.0 Å². The Balaban J connectivity index is -0.0000120. The zero-order valence-corrected chi connectivity index (χ0v) is 38.6. The molecule has 0 amide bonds. The number of ether oxygens (including phenoxy) is 2. The Morgan fingerprint density at radius 3 is 1.23 bits per heavy atom. The van der Waals surface area contributed by atoms with Crippen LogP contribution in [0.15, 0.2) is 0 Å². The fourth-order valence-electron chi connectivity index (χ4n) is 5.64. The summed E-state index contributed by atoms with van der Waals surface area (Å²) < 4.78 is 32.1. The van der Waals surface area contributed by atoms with Crippen molar-refractivity contribution in [3.63, 3.8) is 0 Å². The number of rotatable bonds is 38. The molecule has 3 atom stereocenters. The third-order valence-corrected chi connectivity index (χ3v) is 9.76. The van der Waals surface area contributed by atoms with Gasteiger partial charge in [0.2, 0.25) is 0 Å². The largest absolute Gasteiger partial charge is 1.00 e. The monoisotopic (exact) mass is 779 g/mol. The number of hydrogen-bond acceptors (Lipinski definition) is 11. The third kappa shape index (κ3) is 40.2. The predicted octanol–water partition coefficient (Wildman–Crippen LogP) is 1.99. The molecule has 52 heavy (non-hydrogen) atoms. The van der Waals surface area contributed by atoms with Gasteiger partial charge >= 0.3 is 71.1 Å². The summed E-state index contributed by atoms with van der Waals surface area (Å²) >= 11 is 0. The Labute approximate surface area is 360 Å². The van der Waals surface area contributed by atoms with Gasteiger partial charge in [-0.1, -0.05) is 168 Å². The van der Waals surface area contributed by atoms with E-state index in [1.165, 1.54) is 116 Å². The first-order chi connectivity index (χ1) is 24.1. The fraction of sp³-hybridized carbons (Fsp3) is 0.921. The van der Waals surface area contributed by atoms with Crippen molar-refractivity contribution in [1.82, 2.24) is 0 Å². The molecule has 0 heterocycles. The molecule has 2 N–H and O–H groups in total. The number of hydrogen-bond donors (Lipinski definition) is 1. The Morgan fingerprint density at radius 2 is 0.865 bits per heavy atom. The van der Waals surface area contributed by atoms with E-state index >= 15 is 0 Å². The number of carboxylic acid groups (broad SMARTS) is 1. The average molecular weight is 780 g/mol. The summed E-state index contributed by atoms with van der Waals surface area (Å²) in [5, 5.41) is 10.7. The van der Waals surface area contributed by atoms with Crippen LogP contribution in [-0.4, -0.2) is 49.9 Å². The van der Waals surface area contributed by atoms with Crippen molar-refractivity contribution < 1.29 is 107 Å². The van der Waals surface area contributed by atoms with Crippen molar-refractivity contribution in [2.24, 2.45) is 5.73 Å². The SMILES string of the molecule is CCCCCCCCCCCCCCCC(=O)OC[C@H](COP(=O)([O-])OC[C@H](N)C(=O)[O-])OC(=O)CCCCCCCCCCCCCCC.[Na+].[Na+]. The van der Waals surface area contributed by atoms with Crippen molar-refractivity contribution >= 4 is 25.7 Å². The molecule has 0 fully saturated rings. The van der Waals surface area contributed by atoms with E-state index < -0.39 is 51.1 Å². The second-order valence-electron chi connectivity index (χ2n) is 13.7. The van der Waals surface area contributed by atoms with Gasteiger partial charge in [-0.25, -0.2) is 0 Å². The molecule has 14 heteroatoms. The van der Waals surface area contributed by atoms with Crippen molar-refractivity contribution in [3.05, 3.63) is 0 Å². The first-order valence-electron chi connectivity index (χ1n) is 20.0. The molecule has 1 unspecified atom stereocenters. The van der Waals surface area contributed by atoms with Gasteiger partial charge in [-0.2, -0.15) is 0 Å². The topological polar surface area (TPSA) is 177 Å². The maximum absolute atomic E-state index is 12.5. The molecule has 0 aliphatic carbocycles. The van der Waals surface area contributed by atoms with E-state index in [0.717, 1.165) is 38.5 Å². The van der Waals surface area contributed by atoms with Crippen molar-refractivity contribution in [2.75, 3.05) is 19.8 Å². The summed E-state index contributed by atoms with van der Waals surface area (Å²) in [5.41, 5.74) is 5.23. The minimum Gasteiger partial charge on any atom is -0.756 e. The number of nitrogens with two attached hydrogens (primary N) is 1. The second kappa shape index (κ2) is 41.1. The first-order valence-corrected chi connectivity index (χ1v) is 21.5. The van der Waals surface area contributed by atoms with E-state index in [1.807, 2.05) is 0 Å². The van der Waals surface area contributed by atoms with Crippen LogP contribution in [0.25, 0.3) is 0 Å². The van der Waals surface area contributed by atoms with Crippen LogP contribution in [0.2, 0.25) is 0 Å². The average Bonchev–Trinajstić information content (AvgIpc) is 3.09. The molecule has 296 valence electrons. The number of aliphatic carboxylic acids is 1. The number of carboxylic acids is 1. The quantitative estimate of drug-likeness (QED) is 0.0420. The summed E-state index contributed by atoms with van der Waals surface area (Å²) in [4.78, 5) is 47.8. The van der Waals surface area contributed by atoms with Crippen LogP contribution in [0.4, 0.5) is 0 Å². The number of unbranched alkanes of at least 4 members (excludes halogenated alkanes) is 24. The Kier molecular flexibility index (Phi) is 44.9. The molecule has 0 aromatic heterocycles. The molecule has 0 bridgehead atoms. The molecule has 0 rings (SSSR count). The molecule has 11 nitrogen and oxygen atoms in total. The molecule has 0 aliphatic heterocycles. The van der Waals surface area contributed by atoms with E-state index in [0.29, 0.717) is 12.8 Å². The molecule has 0 aromatic rings. The molecule has 0 radical (unpaired) electrons. The molecule has 0 saturated heterocycles. The molecule has 0 aliphatic rings. The summed E-state index contributed by atoms with van der Waals surface area (Å²) in [6.07, 6.45) is 29.9. The van der Waals surface area contributed by atoms with Crippen LogP contribution in [0, 0.1) is 0 Å². The Hall–Kier alpha value is 0.480. The van der Waals surface area contributed by atoms with E-state index in [1.54, 1.807) is 0 Å². The van der Waals surface area contributed by atoms with Gasteiger partial charge in [0.15, 0.2) is 6.10 Å². The van der Waals surface area contributed by atoms with Crippen LogP contribution < -0.4 is 74.8 Å². The fourth-order valence-corrected chi connectivity index (χ4v) is 6.41. The molecule has 0 aromatic carbocycles. The zero-order valence-electron chi connectivity index (χ0n) is 33.7. The number of esters is 2. The van der Waals surface area contributed by atoms with Gasteiger partial charge in [-0.15, -0.1) is 0 Å². The van der Waals surface area contributed by atoms with Crippen LogP contribution >= 0.6 is 7.82 Å². The van der Waals surface area contributed by atoms with Gasteiger partial charge in [-0.05, 0) is 12.8 Å². The first kappa shape index (κ1) is 56.8. The Morgan fingerprint density at radius 1 is 0.538 bits per heavy atom. The van der Waals surface area contributed by atoms with E-state index in [4.69, 9.17) is 19.7 Å². The number of carbonyl (C=O) groups excluding carboxylic acids is 3. The van der Waals surface area contributed by atoms with E-state index in [9.17, 15) is 28.9 Å². The number of carbonyl (C=O) groups is 3. The standard InChI is InChI=1S/C38H74NO10P.2Na/c1-3-5-7-9-11-13-15-17-19-21-23-25-27-29-36(40)46-31-34(32-47-50(44,45)48-33-35(39)38(42)43)49-37(41)30-28-26-24-22-20-18-16-14-12-10-8-6-4-2;;/h34-35H,3-33,39H2,1-2H3,(H,42,43)(H,44,45);;/q;2*+1/p-2/t34-,35+;;/m1../s1. The van der Waals surface area contributed by atoms with Crippen LogP contribution in [-0.2, 0) is 37.5 Å². The maximum Gasteiger partial charge on any atom is 1.00 e. The third-order valence-electron chi connectivity index (χ3n) is 8.83. The summed E-state index contributed by atoms with van der Waals surface area (Å²) in [5.74, 6) is -2.69. The van der Waals surface area contributed by atoms with E-state index in [-0.39, 0.29) is 78.6 Å². The summed E-state index contributed by atoms with van der Waals surface area (Å²) in [7, 11) is -4.98. The maximum atomic E-state index is 12.5. The van der Waals surface area contributed by atoms with Gasteiger partial charge in [0.25, 0.3) is 7.82 Å². The molecule has 0 saturated carbocycles. The zero-order chi connectivity index (χ0) is 37.1. The normalized spacial score (nSPS) is 13.3. The van der Waals surface area contributed by atoms with Gasteiger partial charge in [0.1, 0.15) is 6.61 Å². The van der Waals surface area contributed by atoms with Crippen LogP contribution in [0.5, 0.6) is 0 Å². The second-order valence-corrected chi connectivity index (χ2v) is 15.2. The van der Waals surface area contributed by atoms with Crippen LogP contribution in [0.3, 0.4) is 0 Å². The van der Waals surface area contributed by atoms with Crippen molar-refractivity contribution in [2.45, 2.75) is 206 Å². The number of phosphoric acid groups is 1. The Bertz CT molecular complexity index is 887. The minimum absolute atomic E-state index is 0. The summed E-state index contributed by atoms with van der Waals surface area (Å²) in [6.45, 7) is 2.56. The van der Waals surface area contributed by atoms with Crippen LogP contribution in [0.1, 0.15) is 194 Å². The van der Waals surface area contributed by atoms with Crippen molar-refractivity contribution in [3.8, 4) is 0 Å². The smallest absolute Gasteiger partial charge is 0.756 e. The van der Waals surface area contributed by atoms with Gasteiger partial charge in [0, 0.05) is 12.8 Å². The summed E-state index contributed by atoms with van der Waals surface area (Å²) in [6, 6.07) is -1.67. The number of phosphoric ester groups is 1. The minimum atomic E-state index is -4.98. The van der Waals surface area contributed by atoms with Crippen molar-refractivity contribution in [1.29, 1.82) is 0 Å².